The minimum absolute atomic E-state index is 0.357. The molecule has 0 N–H and O–H groups in total. The molecule has 0 fully saturated rings. The standard InChI is InChI=1S/C17H37NS/c1-14(2)8-10-18(11-9-15(3)4)12-16(13-19)17(5,6)7/h14-16,19H,8-13H2,1-7H3. The molecular weight excluding hydrogens is 250 g/mol. The quantitative estimate of drug-likeness (QED) is 0.586. The molecule has 0 aromatic carbocycles. The minimum atomic E-state index is 0.357. The highest BCUT2D eigenvalue weighted by atomic mass is 32.1. The summed E-state index contributed by atoms with van der Waals surface area (Å²) < 4.78 is 0. The van der Waals surface area contributed by atoms with Gasteiger partial charge in [0.1, 0.15) is 0 Å². The minimum Gasteiger partial charge on any atom is -0.303 e. The van der Waals surface area contributed by atoms with Crippen LogP contribution in [0.2, 0.25) is 0 Å². The van der Waals surface area contributed by atoms with Crippen LogP contribution in [0.25, 0.3) is 0 Å². The van der Waals surface area contributed by atoms with E-state index >= 15 is 0 Å². The van der Waals surface area contributed by atoms with Crippen molar-refractivity contribution in [1.29, 1.82) is 0 Å². The molecule has 0 saturated heterocycles. The fraction of sp³-hybridized carbons (Fsp3) is 1.00. The largest absolute Gasteiger partial charge is 0.303 e. The van der Waals surface area contributed by atoms with E-state index in [1.165, 1.54) is 32.5 Å². The maximum atomic E-state index is 4.57. The average Bonchev–Trinajstić information content (AvgIpc) is 2.25. The predicted molar refractivity (Wildman–Crippen MR) is 92.1 cm³/mol. The zero-order chi connectivity index (χ0) is 15.1. The Kier molecular flexibility index (Phi) is 9.43. The smallest absolute Gasteiger partial charge is 0.00225 e. The second-order valence-corrected chi connectivity index (χ2v) is 8.28. The molecule has 0 bridgehead atoms. The van der Waals surface area contributed by atoms with Gasteiger partial charge in [-0.25, -0.2) is 0 Å². The third-order valence-corrected chi connectivity index (χ3v) is 4.41. The van der Waals surface area contributed by atoms with Gasteiger partial charge >= 0.3 is 0 Å². The molecule has 1 nitrogen and oxygen atoms in total. The van der Waals surface area contributed by atoms with E-state index in [-0.39, 0.29) is 0 Å². The first-order valence-electron chi connectivity index (χ1n) is 8.00. The lowest BCUT2D eigenvalue weighted by Gasteiger charge is -2.35. The van der Waals surface area contributed by atoms with E-state index < -0.39 is 0 Å². The van der Waals surface area contributed by atoms with Gasteiger partial charge in [0.2, 0.25) is 0 Å². The Balaban J connectivity index is 4.45. The van der Waals surface area contributed by atoms with Crippen LogP contribution in [0.1, 0.15) is 61.3 Å². The lowest BCUT2D eigenvalue weighted by atomic mass is 9.81. The zero-order valence-corrected chi connectivity index (χ0v) is 15.3. The average molecular weight is 288 g/mol. The van der Waals surface area contributed by atoms with E-state index in [1.54, 1.807) is 0 Å². The van der Waals surface area contributed by atoms with Crippen LogP contribution >= 0.6 is 12.6 Å². The van der Waals surface area contributed by atoms with Crippen LogP contribution in [0, 0.1) is 23.2 Å². The molecule has 0 aliphatic heterocycles. The molecule has 116 valence electrons. The van der Waals surface area contributed by atoms with Crippen LogP contribution in [0.5, 0.6) is 0 Å². The first kappa shape index (κ1) is 19.3. The van der Waals surface area contributed by atoms with Crippen molar-refractivity contribution < 1.29 is 0 Å². The van der Waals surface area contributed by atoms with Crippen molar-refractivity contribution >= 4 is 12.6 Å². The summed E-state index contributed by atoms with van der Waals surface area (Å²) in [5, 5.41) is 0. The second kappa shape index (κ2) is 9.28. The van der Waals surface area contributed by atoms with Gasteiger partial charge in [0.25, 0.3) is 0 Å². The topological polar surface area (TPSA) is 3.24 Å². The van der Waals surface area contributed by atoms with Crippen molar-refractivity contribution in [3.63, 3.8) is 0 Å². The van der Waals surface area contributed by atoms with Crippen molar-refractivity contribution in [2.75, 3.05) is 25.4 Å². The van der Waals surface area contributed by atoms with Gasteiger partial charge in [0.05, 0.1) is 0 Å². The van der Waals surface area contributed by atoms with Crippen LogP contribution < -0.4 is 0 Å². The Morgan fingerprint density at radius 1 is 0.895 bits per heavy atom. The van der Waals surface area contributed by atoms with Gasteiger partial charge in [-0.3, -0.25) is 0 Å². The normalized spacial score (nSPS) is 14.7. The van der Waals surface area contributed by atoms with Crippen molar-refractivity contribution in [1.82, 2.24) is 4.90 Å². The Labute approximate surface area is 127 Å². The molecule has 0 aliphatic rings. The summed E-state index contributed by atoms with van der Waals surface area (Å²) in [6.45, 7) is 20.0. The van der Waals surface area contributed by atoms with Crippen molar-refractivity contribution in [2.45, 2.75) is 61.3 Å². The lowest BCUT2D eigenvalue weighted by molar-refractivity contribution is 0.154. The molecule has 0 heterocycles. The molecular formula is C17H37NS. The Morgan fingerprint density at radius 3 is 1.58 bits per heavy atom. The van der Waals surface area contributed by atoms with E-state index in [1.807, 2.05) is 0 Å². The summed E-state index contributed by atoms with van der Waals surface area (Å²) in [4.78, 5) is 2.67. The van der Waals surface area contributed by atoms with E-state index in [4.69, 9.17) is 0 Å². The first-order valence-corrected chi connectivity index (χ1v) is 8.63. The van der Waals surface area contributed by atoms with Crippen LogP contribution in [-0.4, -0.2) is 30.3 Å². The maximum Gasteiger partial charge on any atom is 0.00225 e. The van der Waals surface area contributed by atoms with Crippen molar-refractivity contribution in [3.05, 3.63) is 0 Å². The first-order chi connectivity index (χ1) is 8.66. The van der Waals surface area contributed by atoms with E-state index in [0.29, 0.717) is 11.3 Å². The molecule has 0 amide bonds. The highest BCUT2D eigenvalue weighted by molar-refractivity contribution is 7.80. The molecule has 1 atom stereocenters. The van der Waals surface area contributed by atoms with Gasteiger partial charge in [-0.05, 0) is 54.9 Å². The molecule has 0 rings (SSSR count). The number of nitrogens with zero attached hydrogens (tertiary/aromatic N) is 1. The van der Waals surface area contributed by atoms with E-state index in [0.717, 1.165) is 17.6 Å². The highest BCUT2D eigenvalue weighted by Crippen LogP contribution is 2.28. The highest BCUT2D eigenvalue weighted by Gasteiger charge is 2.25. The molecule has 0 radical (unpaired) electrons. The summed E-state index contributed by atoms with van der Waals surface area (Å²) in [6.07, 6.45) is 2.61. The summed E-state index contributed by atoms with van der Waals surface area (Å²) in [6, 6.07) is 0. The third-order valence-electron chi connectivity index (χ3n) is 3.97. The van der Waals surface area contributed by atoms with Crippen molar-refractivity contribution in [3.8, 4) is 0 Å². The Bertz CT molecular complexity index is 206. The maximum absolute atomic E-state index is 4.57. The fourth-order valence-corrected chi connectivity index (χ4v) is 2.76. The van der Waals surface area contributed by atoms with Gasteiger partial charge < -0.3 is 4.90 Å². The molecule has 0 saturated carbocycles. The predicted octanol–water partition coefficient (Wildman–Crippen LogP) is 4.97. The van der Waals surface area contributed by atoms with Crippen molar-refractivity contribution in [2.24, 2.45) is 23.2 Å². The molecule has 0 aliphatic carbocycles. The Morgan fingerprint density at radius 2 is 1.32 bits per heavy atom. The van der Waals surface area contributed by atoms with Gasteiger partial charge in [-0.2, -0.15) is 12.6 Å². The second-order valence-electron chi connectivity index (χ2n) is 7.91. The molecule has 0 aromatic heterocycles. The molecule has 0 aromatic rings. The lowest BCUT2D eigenvalue weighted by Crippen LogP contribution is -2.38. The molecule has 0 spiro atoms. The van der Waals surface area contributed by atoms with Crippen LogP contribution in [0.4, 0.5) is 0 Å². The van der Waals surface area contributed by atoms with E-state index in [2.05, 4.69) is 66.0 Å². The van der Waals surface area contributed by atoms with Gasteiger partial charge in [-0.1, -0.05) is 48.5 Å². The number of hydrogen-bond donors (Lipinski definition) is 1. The monoisotopic (exact) mass is 287 g/mol. The van der Waals surface area contributed by atoms with Gasteiger partial charge in [0.15, 0.2) is 0 Å². The molecule has 1 unspecified atom stereocenters. The van der Waals surface area contributed by atoms with E-state index in [9.17, 15) is 0 Å². The summed E-state index contributed by atoms with van der Waals surface area (Å²) >= 11 is 4.57. The molecule has 19 heavy (non-hydrogen) atoms. The van der Waals surface area contributed by atoms with Crippen LogP contribution in [0.15, 0.2) is 0 Å². The SMILES string of the molecule is CC(C)CCN(CCC(C)C)CC(CS)C(C)(C)C. The summed E-state index contributed by atoms with van der Waals surface area (Å²) in [5.74, 6) is 3.26. The fourth-order valence-electron chi connectivity index (χ4n) is 2.09. The van der Waals surface area contributed by atoms with Crippen LogP contribution in [-0.2, 0) is 0 Å². The van der Waals surface area contributed by atoms with Gasteiger partial charge in [-0.15, -0.1) is 0 Å². The summed E-state index contributed by atoms with van der Waals surface area (Å²) in [5.41, 5.74) is 0.357. The third kappa shape index (κ3) is 9.79. The number of thiol groups is 1. The zero-order valence-electron chi connectivity index (χ0n) is 14.4. The molecule has 2 heteroatoms. The van der Waals surface area contributed by atoms with Crippen LogP contribution in [0.3, 0.4) is 0 Å². The number of hydrogen-bond acceptors (Lipinski definition) is 2. The number of rotatable bonds is 9. The Hall–Kier alpha value is 0.310. The van der Waals surface area contributed by atoms with Gasteiger partial charge in [0, 0.05) is 6.54 Å². The summed E-state index contributed by atoms with van der Waals surface area (Å²) in [7, 11) is 0.